The molecule has 1 aromatic rings. The molecule has 88 valence electrons. The van der Waals surface area contributed by atoms with Gasteiger partial charge in [-0.1, -0.05) is 73.9 Å². The fourth-order valence-electron chi connectivity index (χ4n) is 2.08. The van der Waals surface area contributed by atoms with Gasteiger partial charge in [0.05, 0.1) is 8.07 Å². The molecular weight excluding hydrogens is 220 g/mol. The van der Waals surface area contributed by atoms with Crippen molar-refractivity contribution in [3.63, 3.8) is 0 Å². The molecule has 0 bridgehead atoms. The third-order valence-electron chi connectivity index (χ3n) is 3.25. The van der Waals surface area contributed by atoms with Gasteiger partial charge >= 0.3 is 0 Å². The predicted octanol–water partition coefficient (Wildman–Crippen LogP) is 4.83. The van der Waals surface area contributed by atoms with Gasteiger partial charge in [-0.2, -0.15) is 0 Å². The first-order valence-electron chi connectivity index (χ1n) is 6.14. The predicted molar refractivity (Wildman–Crippen MR) is 79.6 cm³/mol. The van der Waals surface area contributed by atoms with Gasteiger partial charge in [-0.15, -0.1) is 0 Å². The zero-order chi connectivity index (χ0) is 12.5. The van der Waals surface area contributed by atoms with Crippen molar-refractivity contribution in [3.8, 4) is 0 Å². The monoisotopic (exact) mass is 240 g/mol. The highest BCUT2D eigenvalue weighted by Crippen LogP contribution is 2.32. The highest BCUT2D eigenvalue weighted by atomic mass is 28.3. The maximum Gasteiger partial charge on any atom is 0.0772 e. The highest BCUT2D eigenvalue weighted by Gasteiger charge is 2.22. The van der Waals surface area contributed by atoms with Crippen LogP contribution in [-0.2, 0) is 0 Å². The second kappa shape index (κ2) is 4.50. The maximum atomic E-state index is 4.24. The maximum absolute atomic E-state index is 4.24. The van der Waals surface area contributed by atoms with E-state index in [9.17, 15) is 0 Å². The van der Waals surface area contributed by atoms with Gasteiger partial charge in [-0.25, -0.2) is 0 Å². The molecule has 1 aliphatic carbocycles. The molecule has 1 heteroatoms. The molecule has 0 spiro atoms. The van der Waals surface area contributed by atoms with Crippen molar-refractivity contribution < 1.29 is 0 Å². The Bertz CT molecular complexity index is 484. The fourth-order valence-corrected chi connectivity index (χ4v) is 3.40. The number of allylic oxidation sites excluding steroid dienone is 5. The number of benzene rings is 1. The summed E-state index contributed by atoms with van der Waals surface area (Å²) in [4.78, 5) is 0. The van der Waals surface area contributed by atoms with E-state index in [0.29, 0.717) is 0 Å². The smallest absolute Gasteiger partial charge is 0.0772 e. The lowest BCUT2D eigenvalue weighted by molar-refractivity contribution is 1.34. The van der Waals surface area contributed by atoms with Crippen molar-refractivity contribution in [1.29, 1.82) is 0 Å². The summed E-state index contributed by atoms with van der Waals surface area (Å²) in [6.45, 7) is 11.4. The Hall–Kier alpha value is -1.34. The van der Waals surface area contributed by atoms with Crippen molar-refractivity contribution in [2.45, 2.75) is 26.1 Å². The van der Waals surface area contributed by atoms with Gasteiger partial charge < -0.3 is 0 Å². The molecule has 0 N–H and O–H groups in total. The van der Waals surface area contributed by atoms with Crippen LogP contribution in [0.15, 0.2) is 59.8 Å². The quantitative estimate of drug-likeness (QED) is 0.664. The average molecular weight is 240 g/mol. The van der Waals surface area contributed by atoms with Crippen molar-refractivity contribution in [2.75, 3.05) is 0 Å². The minimum atomic E-state index is -1.17. The molecule has 0 aromatic heterocycles. The molecule has 0 fully saturated rings. The Labute approximate surface area is 105 Å². The van der Waals surface area contributed by atoms with Gasteiger partial charge in [0, 0.05) is 0 Å². The van der Waals surface area contributed by atoms with E-state index >= 15 is 0 Å². The van der Waals surface area contributed by atoms with Gasteiger partial charge in [0.1, 0.15) is 0 Å². The summed E-state index contributed by atoms with van der Waals surface area (Å²) in [5.41, 5.74) is 3.80. The summed E-state index contributed by atoms with van der Waals surface area (Å²) in [6.07, 6.45) is 5.80. The second-order valence-corrected chi connectivity index (χ2v) is 10.7. The zero-order valence-corrected chi connectivity index (χ0v) is 12.0. The van der Waals surface area contributed by atoms with Crippen LogP contribution < -0.4 is 0 Å². The van der Waals surface area contributed by atoms with E-state index in [1.807, 2.05) is 6.07 Å². The Kier molecular flexibility index (Phi) is 3.21. The van der Waals surface area contributed by atoms with Crippen molar-refractivity contribution in [2.24, 2.45) is 0 Å². The van der Waals surface area contributed by atoms with Crippen LogP contribution in [-0.4, -0.2) is 8.07 Å². The van der Waals surface area contributed by atoms with E-state index in [1.54, 1.807) is 5.20 Å². The molecular formula is C16H20Si. The molecule has 1 aromatic carbocycles. The third kappa shape index (κ3) is 2.67. The second-order valence-electron chi connectivity index (χ2n) is 5.63. The van der Waals surface area contributed by atoms with E-state index in [4.69, 9.17) is 0 Å². The topological polar surface area (TPSA) is 0 Å². The fraction of sp³-hybridized carbons (Fsp3) is 0.250. The van der Waals surface area contributed by atoms with E-state index in [0.717, 1.165) is 6.42 Å². The Morgan fingerprint density at radius 2 is 1.76 bits per heavy atom. The lowest BCUT2D eigenvalue weighted by Gasteiger charge is -2.15. The van der Waals surface area contributed by atoms with Crippen molar-refractivity contribution in [1.82, 2.24) is 0 Å². The molecule has 0 heterocycles. The van der Waals surface area contributed by atoms with Gasteiger partial charge in [0.15, 0.2) is 0 Å². The Morgan fingerprint density at radius 1 is 1.12 bits per heavy atom. The van der Waals surface area contributed by atoms with Crippen molar-refractivity contribution >= 4 is 13.6 Å². The summed E-state index contributed by atoms with van der Waals surface area (Å²) < 4.78 is 0. The van der Waals surface area contributed by atoms with Crippen LogP contribution in [0.3, 0.4) is 0 Å². The lowest BCUT2D eigenvalue weighted by Crippen LogP contribution is -2.21. The van der Waals surface area contributed by atoms with Crippen LogP contribution in [0.1, 0.15) is 12.0 Å². The summed E-state index contributed by atoms with van der Waals surface area (Å²) in [5.74, 6) is 0. The van der Waals surface area contributed by atoms with E-state index < -0.39 is 8.07 Å². The van der Waals surface area contributed by atoms with Gasteiger partial charge in [0.2, 0.25) is 0 Å². The standard InChI is InChI=1S/C16H20Si/c1-13(14-8-6-5-7-9-14)15-10-11-16(12-15)17(2,3)4/h5-9,11-12H,1,10H2,2-4H3. The molecule has 1 aliphatic rings. The van der Waals surface area contributed by atoms with Crippen molar-refractivity contribution in [3.05, 3.63) is 65.4 Å². The molecule has 0 radical (unpaired) electrons. The summed E-state index contributed by atoms with van der Waals surface area (Å²) in [7, 11) is -1.17. The highest BCUT2D eigenvalue weighted by molar-refractivity contribution is 6.83. The zero-order valence-electron chi connectivity index (χ0n) is 11.0. The minimum Gasteiger partial charge on any atom is -0.0909 e. The molecule has 0 aliphatic heterocycles. The molecule has 17 heavy (non-hydrogen) atoms. The first kappa shape index (κ1) is 12.1. The number of rotatable bonds is 3. The molecule has 0 amide bonds. The molecule has 0 atom stereocenters. The van der Waals surface area contributed by atoms with Crippen LogP contribution >= 0.6 is 0 Å². The molecule has 0 unspecified atom stereocenters. The summed E-state index contributed by atoms with van der Waals surface area (Å²) in [6, 6.07) is 10.5. The first-order chi connectivity index (χ1) is 7.98. The van der Waals surface area contributed by atoms with Crippen LogP contribution in [0.4, 0.5) is 0 Å². The molecule has 0 nitrogen and oxygen atoms in total. The van der Waals surface area contributed by atoms with Gasteiger partial charge in [-0.3, -0.25) is 0 Å². The Morgan fingerprint density at radius 3 is 2.29 bits per heavy atom. The molecule has 0 saturated carbocycles. The lowest BCUT2D eigenvalue weighted by atomic mass is 9.99. The molecule has 2 rings (SSSR count). The number of hydrogen-bond donors (Lipinski definition) is 0. The minimum absolute atomic E-state index is 1.05. The van der Waals surface area contributed by atoms with Gasteiger partial charge in [0.25, 0.3) is 0 Å². The largest absolute Gasteiger partial charge is 0.0909 e. The van der Waals surface area contributed by atoms with Crippen LogP contribution in [0.25, 0.3) is 5.57 Å². The first-order valence-corrected chi connectivity index (χ1v) is 9.64. The SMILES string of the molecule is C=C(C1=CC([Si](C)(C)C)=CC1)c1ccccc1. The average Bonchev–Trinajstić information content (AvgIpc) is 2.78. The van der Waals surface area contributed by atoms with Crippen LogP contribution in [0, 0.1) is 0 Å². The molecule has 0 saturated heterocycles. The van der Waals surface area contributed by atoms with E-state index in [1.165, 1.54) is 16.7 Å². The number of hydrogen-bond acceptors (Lipinski definition) is 0. The van der Waals surface area contributed by atoms with Crippen LogP contribution in [0.5, 0.6) is 0 Å². The summed E-state index contributed by atoms with van der Waals surface area (Å²) >= 11 is 0. The van der Waals surface area contributed by atoms with E-state index in [-0.39, 0.29) is 0 Å². The Balaban J connectivity index is 2.21. The summed E-state index contributed by atoms with van der Waals surface area (Å²) in [5, 5.41) is 1.56. The normalized spacial score (nSPS) is 15.5. The van der Waals surface area contributed by atoms with E-state index in [2.05, 4.69) is 62.6 Å². The van der Waals surface area contributed by atoms with Crippen LogP contribution in [0.2, 0.25) is 19.6 Å². The van der Waals surface area contributed by atoms with Gasteiger partial charge in [-0.05, 0) is 23.1 Å². The third-order valence-corrected chi connectivity index (χ3v) is 5.33.